The molecule has 0 aliphatic heterocycles. The van der Waals surface area contributed by atoms with E-state index in [1.165, 1.54) is 12.1 Å². The highest BCUT2D eigenvalue weighted by Gasteiger charge is 2.47. The van der Waals surface area contributed by atoms with E-state index in [0.717, 1.165) is 11.1 Å². The van der Waals surface area contributed by atoms with E-state index in [1.54, 1.807) is 24.4 Å². The first kappa shape index (κ1) is 15.3. The quantitative estimate of drug-likeness (QED) is 0.670. The minimum absolute atomic E-state index is 0.0635. The number of pyridine rings is 1. The maximum Gasteiger partial charge on any atom is 0.146 e. The Bertz CT molecular complexity index is 748. The van der Waals surface area contributed by atoms with Crippen molar-refractivity contribution in [3.05, 3.63) is 53.5 Å². The van der Waals surface area contributed by atoms with Gasteiger partial charge >= 0.3 is 0 Å². The topological polar surface area (TPSA) is 84.0 Å². The highest BCUT2D eigenvalue weighted by molar-refractivity contribution is 5.50. The maximum absolute atomic E-state index is 13.1. The van der Waals surface area contributed by atoms with Crippen molar-refractivity contribution in [3.63, 3.8) is 0 Å². The lowest BCUT2D eigenvalue weighted by molar-refractivity contribution is 0.0662. The number of anilines is 1. The van der Waals surface area contributed by atoms with Crippen molar-refractivity contribution < 1.29 is 9.13 Å². The summed E-state index contributed by atoms with van der Waals surface area (Å²) in [5.74, 6) is 6.37. The predicted octanol–water partition coefficient (Wildman–Crippen LogP) is 2.82. The number of nitrogens with zero attached hydrogens (tertiary/aromatic N) is 2. The first-order valence-electron chi connectivity index (χ1n) is 7.34. The third-order valence-electron chi connectivity index (χ3n) is 4.35. The normalized spacial score (nSPS) is 22.8. The van der Waals surface area contributed by atoms with Gasteiger partial charge in [0.2, 0.25) is 0 Å². The Morgan fingerprint density at radius 1 is 1.35 bits per heavy atom. The average Bonchev–Trinajstić information content (AvgIpc) is 2.53. The Morgan fingerprint density at radius 3 is 2.65 bits per heavy atom. The number of hydrazine groups is 1. The Hall–Kier alpha value is -2.65. The number of nitrogens with two attached hydrogens (primary N) is 1. The van der Waals surface area contributed by atoms with Crippen LogP contribution in [0.3, 0.4) is 0 Å². The average molecular weight is 312 g/mol. The van der Waals surface area contributed by atoms with Gasteiger partial charge in [0.1, 0.15) is 23.5 Å². The number of ether oxygens (including phenoxy) is 1. The summed E-state index contributed by atoms with van der Waals surface area (Å²) in [6, 6.07) is 10.2. The van der Waals surface area contributed by atoms with Crippen LogP contribution in [0.5, 0.6) is 5.75 Å². The molecule has 0 saturated heterocycles. The Morgan fingerprint density at radius 2 is 2.04 bits per heavy atom. The van der Waals surface area contributed by atoms with Crippen LogP contribution < -0.4 is 16.0 Å². The highest BCUT2D eigenvalue weighted by Crippen LogP contribution is 2.45. The zero-order chi connectivity index (χ0) is 16.4. The summed E-state index contributed by atoms with van der Waals surface area (Å²) in [4.78, 5) is 4.11. The van der Waals surface area contributed by atoms with Crippen LogP contribution >= 0.6 is 0 Å². The monoisotopic (exact) mass is 312 g/mol. The number of rotatable bonds is 4. The molecule has 1 aliphatic rings. The molecule has 0 unspecified atom stereocenters. The van der Waals surface area contributed by atoms with Crippen molar-refractivity contribution in [2.24, 2.45) is 5.84 Å². The molecule has 0 spiro atoms. The second-order valence-corrected chi connectivity index (χ2v) is 5.78. The molecule has 3 N–H and O–H groups in total. The van der Waals surface area contributed by atoms with Gasteiger partial charge < -0.3 is 10.2 Å². The third-order valence-corrected chi connectivity index (χ3v) is 4.35. The fourth-order valence-corrected chi connectivity index (χ4v) is 2.93. The van der Waals surface area contributed by atoms with Crippen molar-refractivity contribution >= 4 is 5.82 Å². The number of nitriles is 1. The molecule has 0 amide bonds. The molecule has 2 aromatic rings. The maximum atomic E-state index is 13.1. The van der Waals surface area contributed by atoms with Gasteiger partial charge in [-0.05, 0) is 30.7 Å². The Kier molecular flexibility index (Phi) is 3.89. The van der Waals surface area contributed by atoms with Crippen LogP contribution in [-0.4, -0.2) is 11.1 Å². The molecule has 5 nitrogen and oxygen atoms in total. The van der Waals surface area contributed by atoms with Gasteiger partial charge in [-0.25, -0.2) is 15.2 Å². The summed E-state index contributed by atoms with van der Waals surface area (Å²) >= 11 is 0. The molecule has 118 valence electrons. The van der Waals surface area contributed by atoms with Crippen LogP contribution in [0.25, 0.3) is 0 Å². The molecule has 1 saturated carbocycles. The molecule has 1 aliphatic carbocycles. The van der Waals surface area contributed by atoms with E-state index >= 15 is 0 Å². The molecule has 1 heterocycles. The van der Waals surface area contributed by atoms with Crippen LogP contribution in [0.1, 0.15) is 24.0 Å². The standard InChI is InChI=1S/C17H17FN4O/c1-11-15(6-7-21-16(11)22-20)23-14-8-17(9-14,10-19)12-2-4-13(18)5-3-12/h2-7,14H,8-9,20H2,1H3,(H,21,22)/t14-,17-. The number of hydrogen-bond donors (Lipinski definition) is 2. The van der Waals surface area contributed by atoms with Gasteiger partial charge in [0, 0.05) is 24.6 Å². The summed E-state index contributed by atoms with van der Waals surface area (Å²) in [5.41, 5.74) is 3.58. The highest BCUT2D eigenvalue weighted by atomic mass is 19.1. The van der Waals surface area contributed by atoms with E-state index < -0.39 is 5.41 Å². The van der Waals surface area contributed by atoms with Gasteiger partial charge in [0.05, 0.1) is 11.5 Å². The van der Waals surface area contributed by atoms with Gasteiger partial charge in [0.25, 0.3) is 0 Å². The van der Waals surface area contributed by atoms with Crippen LogP contribution in [-0.2, 0) is 5.41 Å². The minimum Gasteiger partial charge on any atom is -0.490 e. The van der Waals surface area contributed by atoms with Crippen LogP contribution in [0, 0.1) is 24.1 Å². The van der Waals surface area contributed by atoms with Crippen molar-refractivity contribution in [2.45, 2.75) is 31.3 Å². The molecule has 1 aromatic carbocycles. The number of halogens is 1. The second kappa shape index (κ2) is 5.86. The predicted molar refractivity (Wildman–Crippen MR) is 84.1 cm³/mol. The SMILES string of the molecule is Cc1c(O[C@H]2C[C@](C#N)(c3ccc(F)cc3)C2)ccnc1NN. The van der Waals surface area contributed by atoms with E-state index in [-0.39, 0.29) is 11.9 Å². The first-order chi connectivity index (χ1) is 11.1. The van der Waals surface area contributed by atoms with E-state index in [9.17, 15) is 9.65 Å². The fourth-order valence-electron chi connectivity index (χ4n) is 2.93. The van der Waals surface area contributed by atoms with Crippen LogP contribution in [0.4, 0.5) is 10.2 Å². The molecular formula is C17H17FN4O. The number of benzene rings is 1. The number of hydrogen-bond acceptors (Lipinski definition) is 5. The summed E-state index contributed by atoms with van der Waals surface area (Å²) in [5, 5.41) is 9.54. The Labute approximate surface area is 133 Å². The fraction of sp³-hybridized carbons (Fsp3) is 0.294. The van der Waals surface area contributed by atoms with Gasteiger partial charge in [-0.1, -0.05) is 12.1 Å². The molecule has 0 radical (unpaired) electrons. The van der Waals surface area contributed by atoms with E-state index in [1.807, 2.05) is 6.92 Å². The molecule has 6 heteroatoms. The van der Waals surface area contributed by atoms with E-state index in [4.69, 9.17) is 10.6 Å². The van der Waals surface area contributed by atoms with E-state index in [0.29, 0.717) is 24.4 Å². The van der Waals surface area contributed by atoms with Gasteiger partial charge in [-0.15, -0.1) is 0 Å². The van der Waals surface area contributed by atoms with E-state index in [2.05, 4.69) is 16.5 Å². The number of nitrogens with one attached hydrogen (secondary N) is 1. The molecular weight excluding hydrogens is 295 g/mol. The van der Waals surface area contributed by atoms with Crippen molar-refractivity contribution in [2.75, 3.05) is 5.43 Å². The summed E-state index contributed by atoms with van der Waals surface area (Å²) in [6.45, 7) is 1.87. The third kappa shape index (κ3) is 2.71. The lowest BCUT2D eigenvalue weighted by Gasteiger charge is -2.42. The molecule has 1 aromatic heterocycles. The molecule has 1 fully saturated rings. The summed E-state index contributed by atoms with van der Waals surface area (Å²) in [7, 11) is 0. The number of nitrogen functional groups attached to an aromatic ring is 1. The molecule has 23 heavy (non-hydrogen) atoms. The van der Waals surface area contributed by atoms with Gasteiger partial charge in [0.15, 0.2) is 0 Å². The van der Waals surface area contributed by atoms with Crippen molar-refractivity contribution in [1.82, 2.24) is 4.98 Å². The smallest absolute Gasteiger partial charge is 0.146 e. The molecule has 0 atom stereocenters. The van der Waals surface area contributed by atoms with Gasteiger partial charge in [-0.2, -0.15) is 5.26 Å². The van der Waals surface area contributed by atoms with Crippen LogP contribution in [0.2, 0.25) is 0 Å². The zero-order valence-electron chi connectivity index (χ0n) is 12.7. The summed E-state index contributed by atoms with van der Waals surface area (Å²) in [6.07, 6.45) is 2.70. The number of aromatic nitrogens is 1. The minimum atomic E-state index is -0.603. The second-order valence-electron chi connectivity index (χ2n) is 5.78. The Balaban J connectivity index is 1.73. The first-order valence-corrected chi connectivity index (χ1v) is 7.34. The van der Waals surface area contributed by atoms with Gasteiger partial charge in [-0.3, -0.25) is 0 Å². The lowest BCUT2D eigenvalue weighted by Crippen LogP contribution is -2.46. The zero-order valence-corrected chi connectivity index (χ0v) is 12.7. The largest absolute Gasteiger partial charge is 0.490 e. The lowest BCUT2D eigenvalue weighted by atomic mass is 9.63. The molecule has 0 bridgehead atoms. The molecule has 3 rings (SSSR count). The summed E-state index contributed by atoms with van der Waals surface area (Å²) < 4.78 is 19.0. The van der Waals surface area contributed by atoms with Crippen molar-refractivity contribution in [1.29, 1.82) is 5.26 Å². The van der Waals surface area contributed by atoms with Crippen LogP contribution in [0.15, 0.2) is 36.5 Å². The van der Waals surface area contributed by atoms with Crippen molar-refractivity contribution in [3.8, 4) is 11.8 Å².